The Hall–Kier alpha value is -2.58. The van der Waals surface area contributed by atoms with Gasteiger partial charge in [-0.05, 0) is 61.7 Å². The minimum absolute atomic E-state index is 0.0656. The van der Waals surface area contributed by atoms with Gasteiger partial charge in [0.2, 0.25) is 5.91 Å². The summed E-state index contributed by atoms with van der Waals surface area (Å²) >= 11 is 5.82. The van der Waals surface area contributed by atoms with E-state index >= 15 is 0 Å². The third kappa shape index (κ3) is 5.12. The first kappa shape index (κ1) is 22.1. The molecule has 2 aromatic rings. The van der Waals surface area contributed by atoms with Crippen LogP contribution >= 0.6 is 11.6 Å². The molecule has 7 nitrogen and oxygen atoms in total. The van der Waals surface area contributed by atoms with Crippen molar-refractivity contribution in [1.29, 1.82) is 0 Å². The van der Waals surface area contributed by atoms with Crippen molar-refractivity contribution in [2.24, 2.45) is 0 Å². The molecule has 0 saturated carbocycles. The Morgan fingerprint density at radius 2 is 1.90 bits per heavy atom. The van der Waals surface area contributed by atoms with Crippen molar-refractivity contribution < 1.29 is 18.0 Å². The van der Waals surface area contributed by atoms with Crippen LogP contribution in [0.25, 0.3) is 0 Å². The summed E-state index contributed by atoms with van der Waals surface area (Å²) in [7, 11) is -3.82. The Morgan fingerprint density at radius 3 is 2.60 bits per heavy atom. The third-order valence-electron chi connectivity index (χ3n) is 4.85. The van der Waals surface area contributed by atoms with Crippen molar-refractivity contribution >= 4 is 39.1 Å². The Balaban J connectivity index is 1.77. The number of sulfonamides is 1. The highest BCUT2D eigenvalue weighted by Crippen LogP contribution is 2.23. The first-order chi connectivity index (χ1) is 14.3. The number of nitrogens with one attached hydrogen (secondary N) is 2. The summed E-state index contributed by atoms with van der Waals surface area (Å²) in [6.07, 6.45) is 2.19. The summed E-state index contributed by atoms with van der Waals surface area (Å²) < 4.78 is 27.7. The van der Waals surface area contributed by atoms with Crippen LogP contribution in [0.2, 0.25) is 5.02 Å². The highest BCUT2D eigenvalue weighted by molar-refractivity contribution is 7.92. The van der Waals surface area contributed by atoms with Gasteiger partial charge in [0.05, 0.1) is 4.90 Å². The van der Waals surface area contributed by atoms with E-state index in [0.717, 1.165) is 12.8 Å². The number of amides is 2. The fraction of sp³-hybridized carbons (Fsp3) is 0.333. The van der Waals surface area contributed by atoms with E-state index < -0.39 is 16.1 Å². The zero-order valence-electron chi connectivity index (χ0n) is 16.6. The Labute approximate surface area is 181 Å². The topological polar surface area (TPSA) is 95.6 Å². The van der Waals surface area contributed by atoms with Crippen molar-refractivity contribution in [2.75, 3.05) is 17.8 Å². The van der Waals surface area contributed by atoms with Crippen molar-refractivity contribution in [3.8, 4) is 0 Å². The van der Waals surface area contributed by atoms with E-state index in [1.54, 1.807) is 23.1 Å². The molecule has 1 saturated heterocycles. The monoisotopic (exact) mass is 449 g/mol. The van der Waals surface area contributed by atoms with Crippen LogP contribution in [0, 0.1) is 0 Å². The van der Waals surface area contributed by atoms with Crippen LogP contribution < -0.4 is 10.0 Å². The van der Waals surface area contributed by atoms with Crippen LogP contribution in [-0.2, 0) is 14.8 Å². The number of likely N-dealkylation sites (tertiary alicyclic amines) is 1. The highest BCUT2D eigenvalue weighted by Gasteiger charge is 2.34. The van der Waals surface area contributed by atoms with E-state index in [2.05, 4.69) is 10.0 Å². The van der Waals surface area contributed by atoms with Gasteiger partial charge in [-0.15, -0.1) is 0 Å². The standard InChI is InChI=1S/C21H24ClN3O4S/c1-2-12-23-20(26)19-7-4-13-25(19)21(27)15-5-3-6-17(14-15)24-30(28,29)18-10-8-16(22)9-11-18/h3,5-6,8-11,14,19,24H,2,4,7,12-13H2,1H3,(H,23,26). The predicted octanol–water partition coefficient (Wildman–Crippen LogP) is 3.27. The van der Waals surface area contributed by atoms with Gasteiger partial charge in [0.25, 0.3) is 15.9 Å². The van der Waals surface area contributed by atoms with Crippen molar-refractivity contribution in [3.63, 3.8) is 0 Å². The van der Waals surface area contributed by atoms with Crippen LogP contribution in [0.5, 0.6) is 0 Å². The molecular formula is C21H24ClN3O4S. The first-order valence-corrected chi connectivity index (χ1v) is 11.6. The van der Waals surface area contributed by atoms with Crippen molar-refractivity contribution in [3.05, 3.63) is 59.1 Å². The van der Waals surface area contributed by atoms with Gasteiger partial charge in [-0.2, -0.15) is 0 Å². The normalized spacial score (nSPS) is 16.3. The Morgan fingerprint density at radius 1 is 1.17 bits per heavy atom. The number of halogens is 1. The molecule has 0 spiro atoms. The molecule has 30 heavy (non-hydrogen) atoms. The number of nitrogens with zero attached hydrogens (tertiary/aromatic N) is 1. The lowest BCUT2D eigenvalue weighted by atomic mass is 10.1. The molecule has 1 aliphatic rings. The van der Waals surface area contributed by atoms with Gasteiger partial charge in [0.1, 0.15) is 6.04 Å². The molecule has 160 valence electrons. The molecular weight excluding hydrogens is 426 g/mol. The van der Waals surface area contributed by atoms with Crippen LogP contribution in [0.3, 0.4) is 0 Å². The van der Waals surface area contributed by atoms with Gasteiger partial charge in [-0.25, -0.2) is 8.42 Å². The van der Waals surface area contributed by atoms with Crippen LogP contribution in [0.15, 0.2) is 53.4 Å². The van der Waals surface area contributed by atoms with Gasteiger partial charge in [-0.3, -0.25) is 14.3 Å². The summed E-state index contributed by atoms with van der Waals surface area (Å²) in [4.78, 5) is 27.0. The SMILES string of the molecule is CCCNC(=O)C1CCCN1C(=O)c1cccc(NS(=O)(=O)c2ccc(Cl)cc2)c1. The molecule has 2 aromatic carbocycles. The van der Waals surface area contributed by atoms with E-state index in [1.165, 1.54) is 30.3 Å². The highest BCUT2D eigenvalue weighted by atomic mass is 35.5. The van der Waals surface area contributed by atoms with Gasteiger partial charge >= 0.3 is 0 Å². The molecule has 1 aliphatic heterocycles. The summed E-state index contributed by atoms with van der Waals surface area (Å²) in [5.74, 6) is -0.445. The summed E-state index contributed by atoms with van der Waals surface area (Å²) in [5, 5.41) is 3.28. The lowest BCUT2D eigenvalue weighted by Gasteiger charge is -2.24. The predicted molar refractivity (Wildman–Crippen MR) is 116 cm³/mol. The lowest BCUT2D eigenvalue weighted by Crippen LogP contribution is -2.46. The molecule has 0 radical (unpaired) electrons. The second kappa shape index (κ2) is 9.49. The largest absolute Gasteiger partial charge is 0.354 e. The molecule has 0 bridgehead atoms. The summed E-state index contributed by atoms with van der Waals surface area (Å²) in [6.45, 7) is 3.03. The molecule has 1 heterocycles. The average Bonchev–Trinajstić information content (AvgIpc) is 3.21. The van der Waals surface area contributed by atoms with E-state index in [9.17, 15) is 18.0 Å². The number of anilines is 1. The van der Waals surface area contributed by atoms with Crippen molar-refractivity contribution in [2.45, 2.75) is 37.1 Å². The number of carbonyl (C=O) groups excluding carboxylic acids is 2. The number of hydrogen-bond acceptors (Lipinski definition) is 4. The maximum Gasteiger partial charge on any atom is 0.261 e. The number of carbonyl (C=O) groups is 2. The molecule has 9 heteroatoms. The molecule has 3 rings (SSSR count). The zero-order chi connectivity index (χ0) is 21.7. The van der Waals surface area contributed by atoms with Crippen LogP contribution in [0.1, 0.15) is 36.5 Å². The van der Waals surface area contributed by atoms with Gasteiger partial charge in [0, 0.05) is 29.4 Å². The van der Waals surface area contributed by atoms with E-state index in [4.69, 9.17) is 11.6 Å². The van der Waals surface area contributed by atoms with E-state index in [1.807, 2.05) is 6.92 Å². The van der Waals surface area contributed by atoms with Gasteiger partial charge in [-0.1, -0.05) is 24.6 Å². The number of hydrogen-bond donors (Lipinski definition) is 2. The number of rotatable bonds is 7. The van der Waals surface area contributed by atoms with Crippen LogP contribution in [0.4, 0.5) is 5.69 Å². The fourth-order valence-electron chi connectivity index (χ4n) is 3.36. The minimum Gasteiger partial charge on any atom is -0.354 e. The smallest absolute Gasteiger partial charge is 0.261 e. The van der Waals surface area contributed by atoms with Gasteiger partial charge < -0.3 is 10.2 Å². The summed E-state index contributed by atoms with van der Waals surface area (Å²) in [6, 6.07) is 11.6. The zero-order valence-corrected chi connectivity index (χ0v) is 18.2. The Bertz CT molecular complexity index is 1020. The van der Waals surface area contributed by atoms with Crippen molar-refractivity contribution in [1.82, 2.24) is 10.2 Å². The molecule has 0 aromatic heterocycles. The molecule has 1 unspecified atom stereocenters. The molecule has 1 atom stereocenters. The minimum atomic E-state index is -3.82. The van der Waals surface area contributed by atoms with Gasteiger partial charge in [0.15, 0.2) is 0 Å². The number of benzene rings is 2. The second-order valence-electron chi connectivity index (χ2n) is 7.09. The van der Waals surface area contributed by atoms with E-state index in [0.29, 0.717) is 30.1 Å². The molecule has 0 aliphatic carbocycles. The molecule has 2 amide bonds. The third-order valence-corrected chi connectivity index (χ3v) is 6.50. The van der Waals surface area contributed by atoms with E-state index in [-0.39, 0.29) is 22.4 Å². The quantitative estimate of drug-likeness (QED) is 0.678. The fourth-order valence-corrected chi connectivity index (χ4v) is 4.53. The maximum absolute atomic E-state index is 13.0. The maximum atomic E-state index is 13.0. The summed E-state index contributed by atoms with van der Waals surface area (Å²) in [5.41, 5.74) is 0.587. The van der Waals surface area contributed by atoms with Crippen LogP contribution in [-0.4, -0.2) is 44.3 Å². The Kier molecular flexibility index (Phi) is 6.99. The lowest BCUT2D eigenvalue weighted by molar-refractivity contribution is -0.124. The first-order valence-electron chi connectivity index (χ1n) is 9.79. The molecule has 1 fully saturated rings. The molecule has 2 N–H and O–H groups in total. The average molecular weight is 450 g/mol. The second-order valence-corrected chi connectivity index (χ2v) is 9.21.